The summed E-state index contributed by atoms with van der Waals surface area (Å²) in [5, 5.41) is 4.56. The van der Waals surface area contributed by atoms with E-state index in [1.165, 1.54) is 11.3 Å². The molecule has 6 heteroatoms. The Morgan fingerprint density at radius 3 is 2.85 bits per heavy atom. The molecule has 0 radical (unpaired) electrons. The van der Waals surface area contributed by atoms with E-state index in [-0.39, 0.29) is 0 Å². The Balaban J connectivity index is 1.62. The number of benzene rings is 2. The molecule has 1 aliphatic rings. The standard InChI is InChI=1S/C20H21BrN4O/c1-14-3-2-4-17-19(14)23-13-24-20(17)22-12-15-5-6-16(21)11-18(15)25-7-9-26-10-8-25/h2-6,11,13H,7-10,12H2,1H3,(H,22,23,24). The zero-order valence-corrected chi connectivity index (χ0v) is 16.3. The molecule has 1 saturated heterocycles. The minimum Gasteiger partial charge on any atom is -0.378 e. The number of para-hydroxylation sites is 1. The first-order chi connectivity index (χ1) is 12.7. The van der Waals surface area contributed by atoms with Crippen LogP contribution in [0.25, 0.3) is 10.9 Å². The van der Waals surface area contributed by atoms with Crippen molar-refractivity contribution in [3.05, 3.63) is 58.3 Å². The summed E-state index contributed by atoms with van der Waals surface area (Å²) >= 11 is 3.60. The molecule has 1 fully saturated rings. The van der Waals surface area contributed by atoms with Gasteiger partial charge in [-0.3, -0.25) is 0 Å². The van der Waals surface area contributed by atoms with Crippen LogP contribution in [0.2, 0.25) is 0 Å². The normalized spacial score (nSPS) is 14.6. The number of aryl methyl sites for hydroxylation is 1. The highest BCUT2D eigenvalue weighted by atomic mass is 79.9. The summed E-state index contributed by atoms with van der Waals surface area (Å²) in [5.41, 5.74) is 4.64. The Bertz CT molecular complexity index is 925. The van der Waals surface area contributed by atoms with E-state index < -0.39 is 0 Å². The summed E-state index contributed by atoms with van der Waals surface area (Å²) in [7, 11) is 0. The number of nitrogens with one attached hydrogen (secondary N) is 1. The summed E-state index contributed by atoms with van der Waals surface area (Å²) in [5.74, 6) is 0.870. The van der Waals surface area contributed by atoms with Crippen LogP contribution in [0.15, 0.2) is 47.2 Å². The van der Waals surface area contributed by atoms with E-state index in [2.05, 4.69) is 73.4 Å². The van der Waals surface area contributed by atoms with E-state index in [1.54, 1.807) is 6.33 Å². The second-order valence-corrected chi connectivity index (χ2v) is 7.34. The van der Waals surface area contributed by atoms with Gasteiger partial charge in [0.05, 0.1) is 18.7 Å². The quantitative estimate of drug-likeness (QED) is 0.697. The molecule has 0 amide bonds. The van der Waals surface area contributed by atoms with Gasteiger partial charge in [0.1, 0.15) is 12.1 Å². The van der Waals surface area contributed by atoms with Crippen molar-refractivity contribution in [3.63, 3.8) is 0 Å². The Hall–Kier alpha value is -2.18. The molecular weight excluding hydrogens is 392 g/mol. The van der Waals surface area contributed by atoms with E-state index in [1.807, 2.05) is 6.07 Å². The molecule has 3 aromatic rings. The van der Waals surface area contributed by atoms with Crippen molar-refractivity contribution in [2.24, 2.45) is 0 Å². The zero-order chi connectivity index (χ0) is 17.9. The number of fused-ring (bicyclic) bond motifs is 1. The van der Waals surface area contributed by atoms with E-state index in [0.717, 1.165) is 53.1 Å². The number of nitrogens with zero attached hydrogens (tertiary/aromatic N) is 3. The first kappa shape index (κ1) is 17.2. The molecule has 0 atom stereocenters. The maximum Gasteiger partial charge on any atom is 0.137 e. The topological polar surface area (TPSA) is 50.3 Å². The van der Waals surface area contributed by atoms with Crippen LogP contribution in [-0.2, 0) is 11.3 Å². The van der Waals surface area contributed by atoms with Crippen molar-refractivity contribution in [2.75, 3.05) is 36.5 Å². The minimum atomic E-state index is 0.708. The van der Waals surface area contributed by atoms with Gasteiger partial charge in [0, 0.05) is 35.2 Å². The highest BCUT2D eigenvalue weighted by Gasteiger charge is 2.15. The number of ether oxygens (including phenoxy) is 1. The van der Waals surface area contributed by atoms with Crippen LogP contribution in [0.1, 0.15) is 11.1 Å². The van der Waals surface area contributed by atoms with Crippen molar-refractivity contribution in [2.45, 2.75) is 13.5 Å². The summed E-state index contributed by atoms with van der Waals surface area (Å²) in [4.78, 5) is 11.3. The first-order valence-electron chi connectivity index (χ1n) is 8.78. The summed E-state index contributed by atoms with van der Waals surface area (Å²) < 4.78 is 6.58. The number of rotatable bonds is 4. The third-order valence-electron chi connectivity index (χ3n) is 4.71. The molecule has 0 unspecified atom stereocenters. The maximum atomic E-state index is 5.49. The van der Waals surface area contributed by atoms with Crippen LogP contribution in [0.3, 0.4) is 0 Å². The molecule has 0 bridgehead atoms. The van der Waals surface area contributed by atoms with Gasteiger partial charge in [-0.1, -0.05) is 34.1 Å². The number of halogens is 1. The number of aromatic nitrogens is 2. The Morgan fingerprint density at radius 1 is 1.15 bits per heavy atom. The lowest BCUT2D eigenvalue weighted by atomic mass is 10.1. The average Bonchev–Trinajstić information content (AvgIpc) is 2.68. The van der Waals surface area contributed by atoms with Gasteiger partial charge in [0.25, 0.3) is 0 Å². The fourth-order valence-electron chi connectivity index (χ4n) is 3.34. The molecule has 2 aromatic carbocycles. The molecule has 134 valence electrons. The van der Waals surface area contributed by atoms with Gasteiger partial charge in [0.2, 0.25) is 0 Å². The smallest absolute Gasteiger partial charge is 0.137 e. The highest BCUT2D eigenvalue weighted by Crippen LogP contribution is 2.28. The van der Waals surface area contributed by atoms with Gasteiger partial charge in [-0.2, -0.15) is 0 Å². The van der Waals surface area contributed by atoms with Crippen molar-refractivity contribution < 1.29 is 4.74 Å². The number of hydrogen-bond acceptors (Lipinski definition) is 5. The molecule has 1 aromatic heterocycles. The molecule has 2 heterocycles. The predicted octanol–water partition coefficient (Wildman–Crippen LogP) is 4.15. The summed E-state index contributed by atoms with van der Waals surface area (Å²) in [6.45, 7) is 6.16. The monoisotopic (exact) mass is 412 g/mol. The number of anilines is 2. The molecule has 1 aliphatic heterocycles. The second kappa shape index (κ2) is 7.60. The Labute approximate surface area is 161 Å². The van der Waals surface area contributed by atoms with Gasteiger partial charge in [0.15, 0.2) is 0 Å². The van der Waals surface area contributed by atoms with Crippen molar-refractivity contribution in [3.8, 4) is 0 Å². The lowest BCUT2D eigenvalue weighted by Crippen LogP contribution is -2.36. The largest absolute Gasteiger partial charge is 0.378 e. The van der Waals surface area contributed by atoms with Gasteiger partial charge in [-0.25, -0.2) is 9.97 Å². The molecular formula is C20H21BrN4O. The van der Waals surface area contributed by atoms with Crippen LogP contribution in [0.4, 0.5) is 11.5 Å². The molecule has 26 heavy (non-hydrogen) atoms. The van der Waals surface area contributed by atoms with Crippen LogP contribution < -0.4 is 10.2 Å². The average molecular weight is 413 g/mol. The zero-order valence-electron chi connectivity index (χ0n) is 14.7. The van der Waals surface area contributed by atoms with Crippen molar-refractivity contribution in [1.82, 2.24) is 9.97 Å². The Kier molecular flexibility index (Phi) is 5.04. The molecule has 5 nitrogen and oxygen atoms in total. The molecule has 1 N–H and O–H groups in total. The molecule has 0 spiro atoms. The molecule has 0 saturated carbocycles. The second-order valence-electron chi connectivity index (χ2n) is 6.42. The van der Waals surface area contributed by atoms with Crippen LogP contribution in [0, 0.1) is 6.92 Å². The van der Waals surface area contributed by atoms with E-state index in [4.69, 9.17) is 4.74 Å². The van der Waals surface area contributed by atoms with Gasteiger partial charge in [-0.05, 0) is 36.2 Å². The van der Waals surface area contributed by atoms with Crippen LogP contribution in [0.5, 0.6) is 0 Å². The Morgan fingerprint density at radius 2 is 2.00 bits per heavy atom. The number of hydrogen-bond donors (Lipinski definition) is 1. The lowest BCUT2D eigenvalue weighted by molar-refractivity contribution is 0.122. The van der Waals surface area contributed by atoms with E-state index in [9.17, 15) is 0 Å². The van der Waals surface area contributed by atoms with E-state index >= 15 is 0 Å². The number of morpholine rings is 1. The van der Waals surface area contributed by atoms with Gasteiger partial charge in [-0.15, -0.1) is 0 Å². The third-order valence-corrected chi connectivity index (χ3v) is 5.21. The highest BCUT2D eigenvalue weighted by molar-refractivity contribution is 9.10. The fourth-order valence-corrected chi connectivity index (χ4v) is 3.69. The van der Waals surface area contributed by atoms with Gasteiger partial charge < -0.3 is 15.0 Å². The maximum absolute atomic E-state index is 5.49. The van der Waals surface area contributed by atoms with Gasteiger partial charge >= 0.3 is 0 Å². The van der Waals surface area contributed by atoms with E-state index in [0.29, 0.717) is 6.54 Å². The summed E-state index contributed by atoms with van der Waals surface area (Å²) in [6, 6.07) is 12.6. The van der Waals surface area contributed by atoms with Crippen LogP contribution in [-0.4, -0.2) is 36.3 Å². The lowest BCUT2D eigenvalue weighted by Gasteiger charge is -2.31. The minimum absolute atomic E-state index is 0.708. The fraction of sp³-hybridized carbons (Fsp3) is 0.300. The SMILES string of the molecule is Cc1cccc2c(NCc3ccc(Br)cc3N3CCOCC3)ncnc12. The van der Waals surface area contributed by atoms with Crippen molar-refractivity contribution >= 4 is 38.3 Å². The summed E-state index contributed by atoms with van der Waals surface area (Å²) in [6.07, 6.45) is 1.63. The van der Waals surface area contributed by atoms with Crippen LogP contribution >= 0.6 is 15.9 Å². The molecule has 4 rings (SSSR count). The third kappa shape index (κ3) is 3.52. The van der Waals surface area contributed by atoms with Crippen molar-refractivity contribution in [1.29, 1.82) is 0 Å². The predicted molar refractivity (Wildman–Crippen MR) is 109 cm³/mol. The molecule has 0 aliphatic carbocycles. The first-order valence-corrected chi connectivity index (χ1v) is 9.57.